The first-order valence-electron chi connectivity index (χ1n) is 7.02. The van der Waals surface area contributed by atoms with Crippen LogP contribution < -0.4 is 16.4 Å². The molecule has 2 atom stereocenters. The van der Waals surface area contributed by atoms with Gasteiger partial charge in [-0.2, -0.15) is 0 Å². The molecule has 2 amide bonds. The van der Waals surface area contributed by atoms with Gasteiger partial charge < -0.3 is 21.1 Å². The van der Waals surface area contributed by atoms with Crippen LogP contribution in [-0.2, 0) is 4.74 Å². The number of carbonyl (C=O) groups excluding carboxylic acids is 1. The maximum atomic E-state index is 10.8. The van der Waals surface area contributed by atoms with Crippen LogP contribution in [0, 0.1) is 0 Å². The quantitative estimate of drug-likeness (QED) is 0.773. The summed E-state index contributed by atoms with van der Waals surface area (Å²) in [6, 6.07) is 7.37. The van der Waals surface area contributed by atoms with Gasteiger partial charge in [0, 0.05) is 24.9 Å². The summed E-state index contributed by atoms with van der Waals surface area (Å²) < 4.78 is 5.77. The molecule has 0 spiro atoms. The first-order valence-corrected chi connectivity index (χ1v) is 7.02. The Kier molecular flexibility index (Phi) is 4.62. The molecule has 0 bridgehead atoms. The maximum Gasteiger partial charge on any atom is 0.316 e. The highest BCUT2D eigenvalue weighted by Crippen LogP contribution is 2.25. The standard InChI is InChI=1S/C15H23N3O2/c1-11(17-10-15(2)8-3-9-20-15)12-4-6-13(7-5-12)18-14(16)19/h4-7,11,17H,3,8-10H2,1-2H3,(H3,16,18,19). The summed E-state index contributed by atoms with van der Waals surface area (Å²) in [5, 5.41) is 6.06. The van der Waals surface area contributed by atoms with Crippen molar-refractivity contribution in [2.24, 2.45) is 5.73 Å². The van der Waals surface area contributed by atoms with Crippen molar-refractivity contribution < 1.29 is 9.53 Å². The molecule has 0 aliphatic carbocycles. The Hall–Kier alpha value is -1.59. The van der Waals surface area contributed by atoms with E-state index < -0.39 is 6.03 Å². The van der Waals surface area contributed by atoms with Crippen LogP contribution in [0.15, 0.2) is 24.3 Å². The van der Waals surface area contributed by atoms with Crippen LogP contribution in [0.3, 0.4) is 0 Å². The molecule has 4 N–H and O–H groups in total. The fraction of sp³-hybridized carbons (Fsp3) is 0.533. The van der Waals surface area contributed by atoms with Crippen LogP contribution in [0.2, 0.25) is 0 Å². The van der Waals surface area contributed by atoms with Crippen molar-refractivity contribution in [1.82, 2.24) is 5.32 Å². The van der Waals surface area contributed by atoms with Gasteiger partial charge in [-0.15, -0.1) is 0 Å². The molecule has 2 unspecified atom stereocenters. The lowest BCUT2D eigenvalue weighted by atomic mass is 10.0. The Morgan fingerprint density at radius 2 is 2.15 bits per heavy atom. The summed E-state index contributed by atoms with van der Waals surface area (Å²) in [5.41, 5.74) is 6.91. The molecule has 1 aliphatic rings. The average Bonchev–Trinajstić information content (AvgIpc) is 2.84. The van der Waals surface area contributed by atoms with E-state index in [0.717, 1.165) is 26.0 Å². The van der Waals surface area contributed by atoms with Crippen molar-refractivity contribution in [3.63, 3.8) is 0 Å². The fourth-order valence-corrected chi connectivity index (χ4v) is 2.46. The number of hydrogen-bond donors (Lipinski definition) is 3. The summed E-state index contributed by atoms with van der Waals surface area (Å²) in [6.45, 7) is 5.98. The summed E-state index contributed by atoms with van der Waals surface area (Å²) in [7, 11) is 0. The molecule has 2 rings (SSSR count). The lowest BCUT2D eigenvalue weighted by Crippen LogP contribution is -2.38. The van der Waals surface area contributed by atoms with Gasteiger partial charge in [-0.1, -0.05) is 12.1 Å². The zero-order valence-electron chi connectivity index (χ0n) is 12.1. The lowest BCUT2D eigenvalue weighted by molar-refractivity contribution is 0.0191. The van der Waals surface area contributed by atoms with Crippen LogP contribution >= 0.6 is 0 Å². The predicted octanol–water partition coefficient (Wildman–Crippen LogP) is 2.40. The Morgan fingerprint density at radius 1 is 1.45 bits per heavy atom. The third-order valence-corrected chi connectivity index (χ3v) is 3.76. The Bertz CT molecular complexity index is 453. The molecule has 5 nitrogen and oxygen atoms in total. The van der Waals surface area contributed by atoms with E-state index in [0.29, 0.717) is 5.69 Å². The van der Waals surface area contributed by atoms with Gasteiger partial charge in [0.15, 0.2) is 0 Å². The van der Waals surface area contributed by atoms with Crippen LogP contribution in [0.4, 0.5) is 10.5 Å². The molecule has 1 fully saturated rings. The van der Waals surface area contributed by atoms with E-state index in [1.54, 1.807) is 0 Å². The topological polar surface area (TPSA) is 76.4 Å². The van der Waals surface area contributed by atoms with Gasteiger partial charge >= 0.3 is 6.03 Å². The molecule has 1 saturated heterocycles. The van der Waals surface area contributed by atoms with Gasteiger partial charge in [-0.25, -0.2) is 4.79 Å². The van der Waals surface area contributed by atoms with Crippen LogP contribution in [0.5, 0.6) is 0 Å². The van der Waals surface area contributed by atoms with Gasteiger partial charge in [-0.3, -0.25) is 0 Å². The minimum atomic E-state index is -0.546. The number of nitrogens with two attached hydrogens (primary N) is 1. The van der Waals surface area contributed by atoms with E-state index >= 15 is 0 Å². The summed E-state index contributed by atoms with van der Waals surface area (Å²) in [5.74, 6) is 0. The summed E-state index contributed by atoms with van der Waals surface area (Å²) >= 11 is 0. The summed E-state index contributed by atoms with van der Waals surface area (Å²) in [6.07, 6.45) is 2.24. The second-order valence-electron chi connectivity index (χ2n) is 5.62. The number of hydrogen-bond acceptors (Lipinski definition) is 3. The minimum Gasteiger partial charge on any atom is -0.374 e. The van der Waals surface area contributed by atoms with Gasteiger partial charge in [0.25, 0.3) is 0 Å². The van der Waals surface area contributed by atoms with Gasteiger partial charge in [-0.05, 0) is 44.4 Å². The molecule has 0 saturated carbocycles. The smallest absolute Gasteiger partial charge is 0.316 e. The molecule has 1 heterocycles. The number of rotatable bonds is 5. The van der Waals surface area contributed by atoms with Crippen molar-refractivity contribution in [2.75, 3.05) is 18.5 Å². The van der Waals surface area contributed by atoms with E-state index in [2.05, 4.69) is 24.5 Å². The Balaban J connectivity index is 1.88. The van der Waals surface area contributed by atoms with Crippen molar-refractivity contribution in [2.45, 2.75) is 38.3 Å². The first-order chi connectivity index (χ1) is 9.48. The minimum absolute atomic E-state index is 0.0400. The second-order valence-corrected chi connectivity index (χ2v) is 5.62. The van der Waals surface area contributed by atoms with Crippen molar-refractivity contribution >= 4 is 11.7 Å². The third-order valence-electron chi connectivity index (χ3n) is 3.76. The molecule has 1 aromatic rings. The average molecular weight is 277 g/mol. The number of carbonyl (C=O) groups is 1. The molecule has 1 aromatic carbocycles. The van der Waals surface area contributed by atoms with E-state index in [-0.39, 0.29) is 11.6 Å². The van der Waals surface area contributed by atoms with Crippen LogP contribution in [0.1, 0.15) is 38.3 Å². The van der Waals surface area contributed by atoms with E-state index in [9.17, 15) is 4.79 Å². The predicted molar refractivity (Wildman–Crippen MR) is 79.7 cm³/mol. The monoisotopic (exact) mass is 277 g/mol. The maximum absolute atomic E-state index is 10.8. The number of primary amides is 1. The summed E-state index contributed by atoms with van der Waals surface area (Å²) in [4.78, 5) is 10.8. The number of anilines is 1. The normalized spacial score (nSPS) is 23.5. The number of ether oxygens (including phenoxy) is 1. The molecule has 0 radical (unpaired) electrons. The van der Waals surface area contributed by atoms with E-state index in [1.165, 1.54) is 5.56 Å². The number of urea groups is 1. The molecule has 5 heteroatoms. The van der Waals surface area contributed by atoms with Crippen molar-refractivity contribution in [1.29, 1.82) is 0 Å². The Labute approximate surface area is 119 Å². The van der Waals surface area contributed by atoms with Crippen molar-refractivity contribution in [3.8, 4) is 0 Å². The zero-order valence-corrected chi connectivity index (χ0v) is 12.1. The highest BCUT2D eigenvalue weighted by Gasteiger charge is 2.29. The van der Waals surface area contributed by atoms with Crippen LogP contribution in [-0.4, -0.2) is 24.8 Å². The molecule has 20 heavy (non-hydrogen) atoms. The van der Waals surface area contributed by atoms with Crippen LogP contribution in [0.25, 0.3) is 0 Å². The lowest BCUT2D eigenvalue weighted by Gasteiger charge is -2.26. The molecule has 0 aromatic heterocycles. The van der Waals surface area contributed by atoms with E-state index in [1.807, 2.05) is 24.3 Å². The molecular formula is C15H23N3O2. The van der Waals surface area contributed by atoms with E-state index in [4.69, 9.17) is 10.5 Å². The van der Waals surface area contributed by atoms with Gasteiger partial charge in [0.05, 0.1) is 5.60 Å². The highest BCUT2D eigenvalue weighted by molar-refractivity contribution is 5.87. The Morgan fingerprint density at radius 3 is 2.70 bits per heavy atom. The third kappa shape index (κ3) is 3.95. The molecule has 110 valence electrons. The highest BCUT2D eigenvalue weighted by atomic mass is 16.5. The molecule has 1 aliphatic heterocycles. The van der Waals surface area contributed by atoms with Gasteiger partial charge in [0.1, 0.15) is 0 Å². The number of amides is 2. The first kappa shape index (κ1) is 14.8. The number of benzene rings is 1. The second kappa shape index (κ2) is 6.24. The molecular weight excluding hydrogens is 254 g/mol. The van der Waals surface area contributed by atoms with Crippen molar-refractivity contribution in [3.05, 3.63) is 29.8 Å². The zero-order chi connectivity index (χ0) is 14.6. The fourth-order valence-electron chi connectivity index (χ4n) is 2.46. The SMILES string of the molecule is CC(NCC1(C)CCCO1)c1ccc(NC(N)=O)cc1. The van der Waals surface area contributed by atoms with Gasteiger partial charge in [0.2, 0.25) is 0 Å². The number of nitrogens with one attached hydrogen (secondary N) is 2. The largest absolute Gasteiger partial charge is 0.374 e.